The van der Waals surface area contributed by atoms with Crippen molar-refractivity contribution in [2.75, 3.05) is 13.2 Å². The molecule has 3 aliphatic heterocycles. The zero-order chi connectivity index (χ0) is 38.1. The van der Waals surface area contributed by atoms with Crippen molar-refractivity contribution in [1.29, 1.82) is 0 Å². The Hall–Kier alpha value is -5.44. The van der Waals surface area contributed by atoms with Gasteiger partial charge in [0.25, 0.3) is 0 Å². The molecule has 2 aromatic carbocycles. The van der Waals surface area contributed by atoms with E-state index in [-0.39, 0.29) is 34.1 Å². The molecule has 6 rings (SSSR count). The minimum atomic E-state index is -1.92. The van der Waals surface area contributed by atoms with Crippen LogP contribution >= 0.6 is 0 Å². The summed E-state index contributed by atoms with van der Waals surface area (Å²) in [7, 11) is 0. The number of rotatable bonds is 9. The van der Waals surface area contributed by atoms with Crippen molar-refractivity contribution in [3.05, 3.63) is 76.5 Å². The molecule has 4 aliphatic rings. The molecule has 0 spiro atoms. The maximum Gasteiger partial charge on any atom is 0.510 e. The average molecular weight is 744 g/mol. The number of phenols is 5. The van der Waals surface area contributed by atoms with E-state index in [1.54, 1.807) is 0 Å². The van der Waals surface area contributed by atoms with E-state index in [1.165, 1.54) is 36.4 Å². The molecule has 2 aromatic rings. The van der Waals surface area contributed by atoms with E-state index >= 15 is 0 Å². The summed E-state index contributed by atoms with van der Waals surface area (Å²) < 4.78 is 34.5. The van der Waals surface area contributed by atoms with E-state index in [2.05, 4.69) is 0 Å². The maximum atomic E-state index is 12.2. The Bertz CT molecular complexity index is 2010. The van der Waals surface area contributed by atoms with Crippen molar-refractivity contribution >= 4 is 12.0 Å². The molecule has 18 heteroatoms. The van der Waals surface area contributed by atoms with Crippen molar-refractivity contribution in [1.82, 2.24) is 0 Å². The first kappa shape index (κ1) is 37.3. The van der Waals surface area contributed by atoms with Gasteiger partial charge >= 0.3 is 5.97 Å². The lowest BCUT2D eigenvalue weighted by Gasteiger charge is -2.44. The molecule has 53 heavy (non-hydrogen) atoms. The number of esters is 1. The van der Waals surface area contributed by atoms with Gasteiger partial charge in [-0.25, -0.2) is 0 Å². The van der Waals surface area contributed by atoms with E-state index in [0.717, 1.165) is 30.3 Å². The van der Waals surface area contributed by atoms with Gasteiger partial charge in [0.1, 0.15) is 42.0 Å². The van der Waals surface area contributed by atoms with Gasteiger partial charge in [0.15, 0.2) is 58.4 Å². The third kappa shape index (κ3) is 7.99. The van der Waals surface area contributed by atoms with Crippen molar-refractivity contribution in [3.63, 3.8) is 0 Å². The summed E-state index contributed by atoms with van der Waals surface area (Å²) in [6, 6.07) is 10.6. The molecule has 0 saturated carbocycles. The number of fused-ring (bicyclic) bond motifs is 1. The molecule has 1 aliphatic carbocycles. The Morgan fingerprint density at radius 1 is 0.792 bits per heavy atom. The van der Waals surface area contributed by atoms with Crippen LogP contribution in [0.2, 0.25) is 0 Å². The molecule has 282 valence electrons. The average Bonchev–Trinajstić information content (AvgIpc) is 3.12. The van der Waals surface area contributed by atoms with Crippen molar-refractivity contribution in [3.8, 4) is 57.1 Å². The Balaban J connectivity index is 1.33. The largest absolute Gasteiger partial charge is 0.510 e. The quantitative estimate of drug-likeness (QED) is 0.0460. The minimum absolute atomic E-state index is 0.0310. The first-order valence-corrected chi connectivity index (χ1v) is 15.9. The highest BCUT2D eigenvalue weighted by atomic mass is 16.8. The lowest BCUT2D eigenvalue weighted by atomic mass is 9.98. The molecular weight excluding hydrogens is 708 g/mol. The Morgan fingerprint density at radius 2 is 1.51 bits per heavy atom. The third-order valence-electron chi connectivity index (χ3n) is 8.49. The van der Waals surface area contributed by atoms with Crippen LogP contribution in [0.4, 0.5) is 0 Å². The van der Waals surface area contributed by atoms with Gasteiger partial charge < -0.3 is 84.0 Å². The Morgan fingerprint density at radius 3 is 2.23 bits per heavy atom. The van der Waals surface area contributed by atoms with Gasteiger partial charge in [0, 0.05) is 17.7 Å². The summed E-state index contributed by atoms with van der Waals surface area (Å²) in [5, 5.41) is 103. The summed E-state index contributed by atoms with van der Waals surface area (Å²) in [6.45, 7) is -1.11. The van der Waals surface area contributed by atoms with Crippen LogP contribution in [0.5, 0.6) is 34.5 Å². The van der Waals surface area contributed by atoms with E-state index < -0.39 is 103 Å². The van der Waals surface area contributed by atoms with Crippen LogP contribution in [0.3, 0.4) is 0 Å². The van der Waals surface area contributed by atoms with Crippen molar-refractivity contribution < 1.29 is 84.0 Å². The molecule has 11 N–H and O–H groups in total. The first-order valence-electron chi connectivity index (χ1n) is 15.9. The zero-order valence-corrected chi connectivity index (χ0v) is 27.2. The van der Waals surface area contributed by atoms with Gasteiger partial charge in [-0.05, 0) is 48.0 Å². The van der Waals surface area contributed by atoms with Gasteiger partial charge in [-0.3, -0.25) is 4.79 Å². The molecular formula is C35H35O18+. The molecule has 3 heterocycles. The standard InChI is InChI=1S/C35H34O18/c36-16-9-20(39)17-11-25(32(50-24(17)10-16)15-3-5-19(38)22(41)8-15)51-35-33(53-34-31(47)28(44)23(42)12-49-34)30(46)29(45)26(52-35)13-48-27(43)6-2-14-1-4-18(37)21(40)7-14/h1-11,23,26,28-31,33-35,37-42,44-47H,12-13H2/p+1/t23-,26+,28-,29+,30-,31-,33+,34-,35+/m0/s1. The number of benzene rings is 3. The van der Waals surface area contributed by atoms with Gasteiger partial charge in [-0.1, -0.05) is 6.07 Å². The maximum absolute atomic E-state index is 12.2. The van der Waals surface area contributed by atoms with E-state index in [0.29, 0.717) is 5.56 Å². The van der Waals surface area contributed by atoms with Crippen LogP contribution in [0.1, 0.15) is 5.56 Å². The van der Waals surface area contributed by atoms with Crippen LogP contribution in [-0.2, 0) is 18.9 Å². The summed E-state index contributed by atoms with van der Waals surface area (Å²) in [5.74, 6) is -3.58. The molecule has 0 radical (unpaired) electrons. The van der Waals surface area contributed by atoms with Gasteiger partial charge in [0.05, 0.1) is 18.2 Å². The fourth-order valence-corrected chi connectivity index (χ4v) is 5.62. The number of carbonyl (C=O) groups excluding carboxylic acids is 1. The molecule has 0 aromatic heterocycles. The Labute approximate surface area is 298 Å². The van der Waals surface area contributed by atoms with Crippen LogP contribution in [0.25, 0.3) is 28.7 Å². The van der Waals surface area contributed by atoms with Crippen molar-refractivity contribution in [2.24, 2.45) is 0 Å². The molecule has 18 nitrogen and oxygen atoms in total. The van der Waals surface area contributed by atoms with Crippen LogP contribution in [-0.4, -0.2) is 130 Å². The molecule has 0 amide bonds. The van der Waals surface area contributed by atoms with Gasteiger partial charge in [-0.15, -0.1) is 0 Å². The molecule has 0 bridgehead atoms. The molecule has 2 fully saturated rings. The second-order valence-corrected chi connectivity index (χ2v) is 12.2. The highest BCUT2D eigenvalue weighted by Gasteiger charge is 2.51. The van der Waals surface area contributed by atoms with Crippen LogP contribution in [0, 0.1) is 0 Å². The number of hydrogen-bond acceptors (Lipinski definition) is 17. The van der Waals surface area contributed by atoms with E-state index in [4.69, 9.17) is 28.1 Å². The second-order valence-electron chi connectivity index (χ2n) is 12.2. The SMILES string of the molecule is O=c1cc2oc(-c3ccc(O)c(O)c3)c(O[C@@H]3O[C@H](COC(=[OH+])C=Cc4ccc(O)c(O)c4)[C@@H](O)[C@H](O)[C@H]3O[C@@H]3OC[C@H](O)[C@H](O)[C@@H]3O)cc-2c(O)c1. The summed E-state index contributed by atoms with van der Waals surface area (Å²) in [5.41, 5.74) is -0.186. The summed E-state index contributed by atoms with van der Waals surface area (Å²) in [4.78, 5) is 22.5. The minimum Gasteiger partial charge on any atom is -0.507 e. The second kappa shape index (κ2) is 15.3. The fourth-order valence-electron chi connectivity index (χ4n) is 5.62. The zero-order valence-electron chi connectivity index (χ0n) is 27.2. The van der Waals surface area contributed by atoms with E-state index in [9.17, 15) is 60.7 Å². The van der Waals surface area contributed by atoms with E-state index in [1.807, 2.05) is 0 Å². The lowest BCUT2D eigenvalue weighted by molar-refractivity contribution is -0.344. The fraction of sp³-hybridized carbons (Fsp3) is 0.314. The normalized spacial score (nSPS) is 27.5. The number of aliphatic hydroxyl groups is 5. The molecule has 9 atom stereocenters. The summed E-state index contributed by atoms with van der Waals surface area (Å²) in [6.07, 6.45) is -13.1. The number of aromatic hydroxyl groups is 5. The first-order chi connectivity index (χ1) is 25.2. The number of hydrogen-bond donors (Lipinski definition) is 10. The molecule has 2 saturated heterocycles. The molecule has 0 unspecified atom stereocenters. The predicted octanol–water partition coefficient (Wildman–Crippen LogP) is -0.178. The predicted molar refractivity (Wildman–Crippen MR) is 178 cm³/mol. The number of phenolic OH excluding ortho intramolecular Hbond substituents is 5. The smallest absolute Gasteiger partial charge is 0.507 e. The monoisotopic (exact) mass is 743 g/mol. The topological polar surface area (TPSA) is 300 Å². The Kier molecular flexibility index (Phi) is 10.8. The number of ether oxygens (including phenoxy) is 5. The van der Waals surface area contributed by atoms with Gasteiger partial charge in [-0.2, -0.15) is 0 Å². The van der Waals surface area contributed by atoms with Crippen molar-refractivity contribution in [2.45, 2.75) is 55.3 Å². The van der Waals surface area contributed by atoms with Crippen LogP contribution < -0.4 is 10.2 Å². The van der Waals surface area contributed by atoms with Gasteiger partial charge in [0.2, 0.25) is 12.9 Å². The highest BCUT2D eigenvalue weighted by Crippen LogP contribution is 2.43. The van der Waals surface area contributed by atoms with Crippen LogP contribution in [0.15, 0.2) is 69.9 Å². The third-order valence-corrected chi connectivity index (χ3v) is 8.49. The summed E-state index contributed by atoms with van der Waals surface area (Å²) >= 11 is 0. The lowest BCUT2D eigenvalue weighted by Crippen LogP contribution is -2.64. The highest BCUT2D eigenvalue weighted by molar-refractivity contribution is 5.88. The number of aliphatic hydroxyl groups excluding tert-OH is 5.